The Morgan fingerprint density at radius 3 is 2.26 bits per heavy atom. The van der Waals surface area contributed by atoms with Crippen LogP contribution in [0.15, 0.2) is 18.2 Å². The molecule has 0 aliphatic carbocycles. The van der Waals surface area contributed by atoms with Gasteiger partial charge in [-0.1, -0.05) is 0 Å². The molecule has 9 heteroatoms. The molecule has 9 nitrogen and oxygen atoms in total. The van der Waals surface area contributed by atoms with E-state index in [-0.39, 0.29) is 30.6 Å². The van der Waals surface area contributed by atoms with Gasteiger partial charge >= 0.3 is 6.09 Å². The van der Waals surface area contributed by atoms with Crippen LogP contribution in [0.3, 0.4) is 0 Å². The second-order valence-electron chi connectivity index (χ2n) is 10.0. The standard InChI is InChI=1S/C26H39N3O6/c1-5-33-22-17-19(9-10-21(22)34-18-23(30)28-13-7-6-8-14-28)24(31)27-20-11-15-29(16-12-20)25(32)35-26(2,3)4/h9-10,17,20H,5-8,11-16,18H2,1-4H3,(H,27,31). The van der Waals surface area contributed by atoms with Crippen molar-refractivity contribution in [3.8, 4) is 11.5 Å². The van der Waals surface area contributed by atoms with Crippen molar-refractivity contribution in [2.75, 3.05) is 39.4 Å². The number of amides is 3. The van der Waals surface area contributed by atoms with Crippen LogP contribution in [0, 0.1) is 0 Å². The maximum Gasteiger partial charge on any atom is 0.410 e. The molecule has 0 atom stereocenters. The van der Waals surface area contributed by atoms with E-state index in [1.165, 1.54) is 0 Å². The van der Waals surface area contributed by atoms with Gasteiger partial charge in [-0.15, -0.1) is 0 Å². The molecule has 2 saturated heterocycles. The number of rotatable bonds is 7. The zero-order valence-corrected chi connectivity index (χ0v) is 21.4. The number of hydrogen-bond donors (Lipinski definition) is 1. The van der Waals surface area contributed by atoms with E-state index in [2.05, 4.69) is 5.32 Å². The fourth-order valence-electron chi connectivity index (χ4n) is 4.21. The van der Waals surface area contributed by atoms with Crippen molar-refractivity contribution in [2.45, 2.75) is 71.4 Å². The van der Waals surface area contributed by atoms with Crippen LogP contribution in [0.1, 0.15) is 70.2 Å². The summed E-state index contributed by atoms with van der Waals surface area (Å²) in [4.78, 5) is 41.1. The molecule has 194 valence electrons. The molecule has 0 bridgehead atoms. The normalized spacial score (nSPS) is 17.0. The predicted octanol–water partition coefficient (Wildman–Crippen LogP) is 3.61. The topological polar surface area (TPSA) is 97.4 Å². The van der Waals surface area contributed by atoms with Gasteiger partial charge in [-0.3, -0.25) is 9.59 Å². The summed E-state index contributed by atoms with van der Waals surface area (Å²) in [5.74, 6) is 0.634. The zero-order chi connectivity index (χ0) is 25.4. The lowest BCUT2D eigenvalue weighted by Crippen LogP contribution is -2.47. The molecule has 0 radical (unpaired) electrons. The Balaban J connectivity index is 1.53. The SMILES string of the molecule is CCOc1cc(C(=O)NC2CCN(C(=O)OC(C)(C)C)CC2)ccc1OCC(=O)N1CCCCC1. The van der Waals surface area contributed by atoms with E-state index in [9.17, 15) is 14.4 Å². The number of carbonyl (C=O) groups excluding carboxylic acids is 3. The Bertz CT molecular complexity index is 884. The van der Waals surface area contributed by atoms with E-state index in [1.807, 2.05) is 32.6 Å². The highest BCUT2D eigenvalue weighted by atomic mass is 16.6. The number of nitrogens with one attached hydrogen (secondary N) is 1. The summed E-state index contributed by atoms with van der Waals surface area (Å²) < 4.78 is 16.9. The third-order valence-corrected chi connectivity index (χ3v) is 6.05. The average molecular weight is 490 g/mol. The first-order valence-corrected chi connectivity index (χ1v) is 12.6. The lowest BCUT2D eigenvalue weighted by molar-refractivity contribution is -0.134. The van der Waals surface area contributed by atoms with Crippen molar-refractivity contribution in [1.29, 1.82) is 0 Å². The summed E-state index contributed by atoms with van der Waals surface area (Å²) in [6.07, 6.45) is 4.20. The zero-order valence-electron chi connectivity index (χ0n) is 21.4. The number of ether oxygens (including phenoxy) is 3. The Labute approximate surface area is 208 Å². The monoisotopic (exact) mass is 489 g/mol. The fraction of sp³-hybridized carbons (Fsp3) is 0.654. The molecule has 0 aromatic heterocycles. The van der Waals surface area contributed by atoms with Gasteiger partial charge in [0.25, 0.3) is 11.8 Å². The first-order chi connectivity index (χ1) is 16.7. The molecule has 2 heterocycles. The molecule has 2 fully saturated rings. The van der Waals surface area contributed by atoms with Crippen LogP contribution in [-0.4, -0.2) is 78.7 Å². The molecule has 0 saturated carbocycles. The second-order valence-corrected chi connectivity index (χ2v) is 10.0. The van der Waals surface area contributed by atoms with Crippen molar-refractivity contribution in [1.82, 2.24) is 15.1 Å². The van der Waals surface area contributed by atoms with Crippen LogP contribution >= 0.6 is 0 Å². The van der Waals surface area contributed by atoms with Crippen molar-refractivity contribution in [3.63, 3.8) is 0 Å². The first kappa shape index (κ1) is 26.6. The maximum absolute atomic E-state index is 12.9. The van der Waals surface area contributed by atoms with Gasteiger partial charge in [0.05, 0.1) is 6.61 Å². The number of piperidine rings is 2. The van der Waals surface area contributed by atoms with Crippen LogP contribution in [0.4, 0.5) is 4.79 Å². The Kier molecular flexibility index (Phi) is 9.23. The van der Waals surface area contributed by atoms with E-state index in [1.54, 1.807) is 23.1 Å². The lowest BCUT2D eigenvalue weighted by atomic mass is 10.0. The molecular formula is C26H39N3O6. The number of nitrogens with zero attached hydrogens (tertiary/aromatic N) is 2. The summed E-state index contributed by atoms with van der Waals surface area (Å²) in [6.45, 7) is 10.3. The largest absolute Gasteiger partial charge is 0.490 e. The molecule has 3 amide bonds. The summed E-state index contributed by atoms with van der Waals surface area (Å²) in [7, 11) is 0. The van der Waals surface area contributed by atoms with Gasteiger partial charge in [0.15, 0.2) is 18.1 Å². The number of carbonyl (C=O) groups is 3. The van der Waals surface area contributed by atoms with Crippen molar-refractivity contribution in [3.05, 3.63) is 23.8 Å². The second kappa shape index (κ2) is 12.1. The van der Waals surface area contributed by atoms with Gasteiger partial charge in [-0.25, -0.2) is 4.79 Å². The van der Waals surface area contributed by atoms with Crippen molar-refractivity contribution in [2.24, 2.45) is 0 Å². The highest BCUT2D eigenvalue weighted by Gasteiger charge is 2.28. The molecule has 1 aromatic carbocycles. The molecule has 35 heavy (non-hydrogen) atoms. The van der Waals surface area contributed by atoms with Crippen LogP contribution in [0.5, 0.6) is 11.5 Å². The summed E-state index contributed by atoms with van der Waals surface area (Å²) >= 11 is 0. The van der Waals surface area contributed by atoms with E-state index in [0.717, 1.165) is 32.4 Å². The van der Waals surface area contributed by atoms with E-state index in [0.29, 0.717) is 49.6 Å². The molecule has 1 aromatic rings. The van der Waals surface area contributed by atoms with Gasteiger partial charge in [0.2, 0.25) is 0 Å². The van der Waals surface area contributed by atoms with Crippen molar-refractivity contribution < 1.29 is 28.6 Å². The van der Waals surface area contributed by atoms with Crippen molar-refractivity contribution >= 4 is 17.9 Å². The minimum atomic E-state index is -0.531. The lowest BCUT2D eigenvalue weighted by Gasteiger charge is -2.33. The molecule has 3 rings (SSSR count). The summed E-state index contributed by atoms with van der Waals surface area (Å²) in [6, 6.07) is 4.97. The molecular weight excluding hydrogens is 450 g/mol. The molecule has 1 N–H and O–H groups in total. The Morgan fingerprint density at radius 2 is 1.63 bits per heavy atom. The van der Waals surface area contributed by atoms with Crippen LogP contribution in [-0.2, 0) is 9.53 Å². The molecule has 0 spiro atoms. The van der Waals surface area contributed by atoms with Gasteiger partial charge in [-0.2, -0.15) is 0 Å². The van der Waals surface area contributed by atoms with Crippen LogP contribution in [0.2, 0.25) is 0 Å². The van der Waals surface area contributed by atoms with Gasteiger partial charge in [0.1, 0.15) is 5.60 Å². The third-order valence-electron chi connectivity index (χ3n) is 6.05. The third kappa shape index (κ3) is 8.04. The van der Waals surface area contributed by atoms with Crippen LogP contribution < -0.4 is 14.8 Å². The minimum absolute atomic E-state index is 0.0326. The minimum Gasteiger partial charge on any atom is -0.490 e. The highest BCUT2D eigenvalue weighted by molar-refractivity contribution is 5.95. The van der Waals surface area contributed by atoms with E-state index in [4.69, 9.17) is 14.2 Å². The number of likely N-dealkylation sites (tertiary alicyclic amines) is 2. The predicted molar refractivity (Wildman–Crippen MR) is 132 cm³/mol. The molecule has 2 aliphatic rings. The first-order valence-electron chi connectivity index (χ1n) is 12.6. The summed E-state index contributed by atoms with van der Waals surface area (Å²) in [5.41, 5.74) is -0.0744. The van der Waals surface area contributed by atoms with Gasteiger partial charge in [-0.05, 0) is 78.0 Å². The average Bonchev–Trinajstić information content (AvgIpc) is 2.83. The summed E-state index contributed by atoms with van der Waals surface area (Å²) in [5, 5.41) is 3.05. The maximum atomic E-state index is 12.9. The van der Waals surface area contributed by atoms with Gasteiger partial charge < -0.3 is 29.3 Å². The molecule has 2 aliphatic heterocycles. The molecule has 0 unspecified atom stereocenters. The van der Waals surface area contributed by atoms with Crippen LogP contribution in [0.25, 0.3) is 0 Å². The number of benzene rings is 1. The van der Waals surface area contributed by atoms with E-state index >= 15 is 0 Å². The van der Waals surface area contributed by atoms with Gasteiger partial charge in [0, 0.05) is 37.8 Å². The quantitative estimate of drug-likeness (QED) is 0.629. The Hall–Kier alpha value is -2.97. The highest BCUT2D eigenvalue weighted by Crippen LogP contribution is 2.29. The fourth-order valence-corrected chi connectivity index (χ4v) is 4.21. The Morgan fingerprint density at radius 1 is 0.943 bits per heavy atom. The smallest absolute Gasteiger partial charge is 0.410 e. The number of hydrogen-bond acceptors (Lipinski definition) is 6. The van der Waals surface area contributed by atoms with E-state index < -0.39 is 5.60 Å².